The van der Waals surface area contributed by atoms with Gasteiger partial charge in [0.1, 0.15) is 5.78 Å². The van der Waals surface area contributed by atoms with Crippen LogP contribution in [-0.2, 0) is 4.79 Å². The fourth-order valence-corrected chi connectivity index (χ4v) is 3.88. The first kappa shape index (κ1) is 27.4. The van der Waals surface area contributed by atoms with E-state index in [1.165, 1.54) is 128 Å². The van der Waals surface area contributed by atoms with Gasteiger partial charge in [0.15, 0.2) is 0 Å². The average molecular weight is 393 g/mol. The zero-order chi connectivity index (χ0) is 20.5. The summed E-state index contributed by atoms with van der Waals surface area (Å²) in [4.78, 5) is 10.8. The van der Waals surface area contributed by atoms with Crippen LogP contribution in [-0.4, -0.2) is 5.78 Å². The van der Waals surface area contributed by atoms with Crippen molar-refractivity contribution in [2.75, 3.05) is 0 Å². The van der Waals surface area contributed by atoms with Gasteiger partial charge in [-0.2, -0.15) is 0 Å². The fraction of sp³-hybridized carbons (Fsp3) is 0.889. The van der Waals surface area contributed by atoms with Crippen molar-refractivity contribution in [3.05, 3.63) is 12.2 Å². The molecular weight excluding hydrogens is 340 g/mol. The highest BCUT2D eigenvalue weighted by molar-refractivity contribution is 5.76. The SMILES string of the molecule is CCCCCCCCCCCCCCCCCCCCCC/C=C/CC(C)=O. The van der Waals surface area contributed by atoms with Crippen molar-refractivity contribution in [3.8, 4) is 0 Å². The van der Waals surface area contributed by atoms with Crippen molar-refractivity contribution in [3.63, 3.8) is 0 Å². The number of ketones is 1. The summed E-state index contributed by atoms with van der Waals surface area (Å²) in [7, 11) is 0. The lowest BCUT2D eigenvalue weighted by molar-refractivity contribution is -0.116. The Morgan fingerprint density at radius 2 is 0.821 bits per heavy atom. The second-order valence-corrected chi connectivity index (χ2v) is 8.88. The quantitative estimate of drug-likeness (QED) is 0.125. The van der Waals surface area contributed by atoms with E-state index in [-0.39, 0.29) is 5.78 Å². The van der Waals surface area contributed by atoms with Crippen molar-refractivity contribution in [1.82, 2.24) is 0 Å². The first-order valence-corrected chi connectivity index (χ1v) is 12.9. The molecule has 0 saturated heterocycles. The van der Waals surface area contributed by atoms with Gasteiger partial charge in [0.25, 0.3) is 0 Å². The molecule has 0 aromatic rings. The molecule has 0 bridgehead atoms. The average Bonchev–Trinajstić information content (AvgIpc) is 2.68. The van der Waals surface area contributed by atoms with Crippen molar-refractivity contribution in [2.45, 2.75) is 155 Å². The van der Waals surface area contributed by atoms with Gasteiger partial charge < -0.3 is 0 Å². The second kappa shape index (κ2) is 24.4. The minimum Gasteiger partial charge on any atom is -0.300 e. The molecule has 0 rings (SSSR count). The Labute approximate surface area is 178 Å². The molecule has 1 nitrogen and oxygen atoms in total. The highest BCUT2D eigenvalue weighted by Crippen LogP contribution is 2.15. The van der Waals surface area contributed by atoms with Crippen LogP contribution in [0.4, 0.5) is 0 Å². The molecule has 166 valence electrons. The zero-order valence-electron chi connectivity index (χ0n) is 19.6. The Morgan fingerprint density at radius 1 is 0.500 bits per heavy atom. The predicted octanol–water partition coefficient (Wildman–Crippen LogP) is 9.73. The van der Waals surface area contributed by atoms with Gasteiger partial charge in [0, 0.05) is 6.42 Å². The molecule has 0 aromatic heterocycles. The number of carbonyl (C=O) groups excluding carboxylic acids is 1. The van der Waals surface area contributed by atoms with Crippen LogP contribution in [0.25, 0.3) is 0 Å². The van der Waals surface area contributed by atoms with E-state index in [2.05, 4.69) is 13.0 Å². The standard InChI is InChI=1S/C27H52O/c1-3-4-5-6-7-8-9-10-11-12-13-14-15-16-17-18-19-20-21-22-23-24-25-26-27(2)28/h24-25H,3-23,26H2,1-2H3/b25-24+. The number of allylic oxidation sites excluding steroid dienone is 2. The van der Waals surface area contributed by atoms with Crippen LogP contribution >= 0.6 is 0 Å². The first-order chi connectivity index (χ1) is 13.8. The Hall–Kier alpha value is -0.590. The van der Waals surface area contributed by atoms with Crippen LogP contribution < -0.4 is 0 Å². The number of carbonyl (C=O) groups is 1. The van der Waals surface area contributed by atoms with Crippen molar-refractivity contribution < 1.29 is 4.79 Å². The molecular formula is C27H52O. The van der Waals surface area contributed by atoms with Gasteiger partial charge in [-0.15, -0.1) is 0 Å². The fourth-order valence-electron chi connectivity index (χ4n) is 3.88. The van der Waals surface area contributed by atoms with Crippen LogP contribution in [0.15, 0.2) is 12.2 Å². The molecule has 0 amide bonds. The highest BCUT2D eigenvalue weighted by atomic mass is 16.1. The molecule has 0 aromatic carbocycles. The number of rotatable bonds is 23. The normalized spacial score (nSPS) is 11.5. The number of Topliss-reactive ketones (excluding diaryl/α,β-unsaturated/α-hetero) is 1. The van der Waals surface area contributed by atoms with Crippen LogP contribution in [0.2, 0.25) is 0 Å². The molecule has 0 fully saturated rings. The molecule has 28 heavy (non-hydrogen) atoms. The molecule has 0 radical (unpaired) electrons. The Morgan fingerprint density at radius 3 is 1.14 bits per heavy atom. The third-order valence-electron chi connectivity index (χ3n) is 5.80. The first-order valence-electron chi connectivity index (χ1n) is 12.9. The highest BCUT2D eigenvalue weighted by Gasteiger charge is 1.95. The number of unbranched alkanes of at least 4 members (excludes halogenated alkanes) is 20. The summed E-state index contributed by atoms with van der Waals surface area (Å²) in [5.41, 5.74) is 0. The van der Waals surface area contributed by atoms with Crippen LogP contribution in [0.1, 0.15) is 155 Å². The molecule has 0 aliphatic carbocycles. The monoisotopic (exact) mass is 392 g/mol. The molecule has 0 aliphatic rings. The summed E-state index contributed by atoms with van der Waals surface area (Å²) in [5.74, 6) is 0.264. The lowest BCUT2D eigenvalue weighted by Crippen LogP contribution is -1.84. The Balaban J connectivity index is 3.03. The summed E-state index contributed by atoms with van der Waals surface area (Å²) in [5, 5.41) is 0. The Kier molecular flexibility index (Phi) is 23.9. The molecule has 0 saturated carbocycles. The lowest BCUT2D eigenvalue weighted by atomic mass is 10.0. The lowest BCUT2D eigenvalue weighted by Gasteiger charge is -2.04. The zero-order valence-corrected chi connectivity index (χ0v) is 19.6. The third kappa shape index (κ3) is 25.4. The predicted molar refractivity (Wildman–Crippen MR) is 127 cm³/mol. The van der Waals surface area contributed by atoms with Crippen LogP contribution in [0.3, 0.4) is 0 Å². The van der Waals surface area contributed by atoms with Crippen LogP contribution in [0.5, 0.6) is 0 Å². The maximum absolute atomic E-state index is 10.8. The maximum Gasteiger partial charge on any atom is 0.133 e. The topological polar surface area (TPSA) is 17.1 Å². The van der Waals surface area contributed by atoms with Gasteiger partial charge in [-0.3, -0.25) is 4.79 Å². The van der Waals surface area contributed by atoms with E-state index in [1.807, 2.05) is 6.08 Å². The summed E-state index contributed by atoms with van der Waals surface area (Å²) in [6.07, 6.45) is 34.6. The molecule has 1 heteroatoms. The van der Waals surface area contributed by atoms with E-state index in [9.17, 15) is 4.79 Å². The summed E-state index contributed by atoms with van der Waals surface area (Å²) in [6, 6.07) is 0. The van der Waals surface area contributed by atoms with Crippen molar-refractivity contribution >= 4 is 5.78 Å². The van der Waals surface area contributed by atoms with E-state index in [1.54, 1.807) is 6.92 Å². The molecule has 0 unspecified atom stereocenters. The van der Waals surface area contributed by atoms with E-state index in [4.69, 9.17) is 0 Å². The van der Waals surface area contributed by atoms with E-state index < -0.39 is 0 Å². The largest absolute Gasteiger partial charge is 0.300 e. The van der Waals surface area contributed by atoms with E-state index in [0.717, 1.165) is 6.42 Å². The van der Waals surface area contributed by atoms with Gasteiger partial charge in [0.2, 0.25) is 0 Å². The Bertz CT molecular complexity index is 331. The van der Waals surface area contributed by atoms with Crippen molar-refractivity contribution in [1.29, 1.82) is 0 Å². The molecule has 0 spiro atoms. The minimum absolute atomic E-state index is 0.264. The summed E-state index contributed by atoms with van der Waals surface area (Å²) in [6.45, 7) is 3.95. The minimum atomic E-state index is 0.264. The smallest absolute Gasteiger partial charge is 0.133 e. The summed E-state index contributed by atoms with van der Waals surface area (Å²) < 4.78 is 0. The van der Waals surface area contributed by atoms with Gasteiger partial charge in [-0.1, -0.05) is 141 Å². The maximum atomic E-state index is 10.8. The second-order valence-electron chi connectivity index (χ2n) is 8.88. The van der Waals surface area contributed by atoms with Gasteiger partial charge >= 0.3 is 0 Å². The van der Waals surface area contributed by atoms with E-state index >= 15 is 0 Å². The van der Waals surface area contributed by atoms with Gasteiger partial charge in [-0.25, -0.2) is 0 Å². The summed E-state index contributed by atoms with van der Waals surface area (Å²) >= 11 is 0. The van der Waals surface area contributed by atoms with Gasteiger partial charge in [0.05, 0.1) is 0 Å². The van der Waals surface area contributed by atoms with Crippen molar-refractivity contribution in [2.24, 2.45) is 0 Å². The van der Waals surface area contributed by atoms with Crippen LogP contribution in [0, 0.1) is 0 Å². The molecule has 0 aliphatic heterocycles. The number of hydrogen-bond donors (Lipinski definition) is 0. The van der Waals surface area contributed by atoms with E-state index in [0.29, 0.717) is 6.42 Å². The number of hydrogen-bond acceptors (Lipinski definition) is 1. The molecule has 0 heterocycles. The molecule has 0 atom stereocenters. The molecule has 0 N–H and O–H groups in total. The third-order valence-corrected chi connectivity index (χ3v) is 5.80. The van der Waals surface area contributed by atoms with Gasteiger partial charge in [-0.05, 0) is 19.8 Å².